The predicted octanol–water partition coefficient (Wildman–Crippen LogP) is 15.3. The maximum absolute atomic E-state index is 6.69. The van der Waals surface area contributed by atoms with Crippen LogP contribution in [0.2, 0.25) is 0 Å². The average molecular weight is 727 g/mol. The van der Waals surface area contributed by atoms with E-state index < -0.39 is 0 Å². The molecule has 0 fully saturated rings. The Morgan fingerprint density at radius 2 is 0.982 bits per heavy atom. The van der Waals surface area contributed by atoms with E-state index in [0.717, 1.165) is 55.5 Å². The van der Waals surface area contributed by atoms with Crippen LogP contribution in [0.25, 0.3) is 92.9 Å². The number of hydrogen-bond donors (Lipinski definition) is 0. The maximum Gasteiger partial charge on any atom is 0.145 e. The van der Waals surface area contributed by atoms with Crippen molar-refractivity contribution in [1.82, 2.24) is 4.57 Å². The van der Waals surface area contributed by atoms with Crippen molar-refractivity contribution >= 4 is 93.1 Å². The number of nitrogens with zero attached hydrogens (tertiary/aromatic N) is 2. The molecule has 3 heteroatoms. The summed E-state index contributed by atoms with van der Waals surface area (Å²) < 4.78 is 9.06. The zero-order valence-corrected chi connectivity index (χ0v) is 30.9. The SMILES string of the molecule is c1ccc(-n2c3ccccc3c3cc(-c4ccc(N(c5ccc6c(ccc7ccccc76)c5)c5cc6ccccc6c6oc7ccccc7c56)cc4)ccc32)cc1. The number of para-hydroxylation sites is 3. The maximum atomic E-state index is 6.69. The highest BCUT2D eigenvalue weighted by Gasteiger charge is 2.22. The van der Waals surface area contributed by atoms with E-state index in [1.54, 1.807) is 0 Å². The highest BCUT2D eigenvalue weighted by molar-refractivity contribution is 6.22. The average Bonchev–Trinajstić information content (AvgIpc) is 3.83. The van der Waals surface area contributed by atoms with Crippen molar-refractivity contribution in [2.24, 2.45) is 0 Å². The van der Waals surface area contributed by atoms with Crippen LogP contribution >= 0.6 is 0 Å². The van der Waals surface area contributed by atoms with Crippen molar-refractivity contribution in [2.75, 3.05) is 4.90 Å². The van der Waals surface area contributed by atoms with Gasteiger partial charge >= 0.3 is 0 Å². The first-order chi connectivity index (χ1) is 28.3. The van der Waals surface area contributed by atoms with E-state index in [2.05, 4.69) is 210 Å². The van der Waals surface area contributed by atoms with Crippen molar-refractivity contribution < 1.29 is 4.42 Å². The van der Waals surface area contributed by atoms with Crippen molar-refractivity contribution in [3.63, 3.8) is 0 Å². The first kappa shape index (κ1) is 31.7. The van der Waals surface area contributed by atoms with E-state index in [1.165, 1.54) is 54.5 Å². The van der Waals surface area contributed by atoms with Crippen LogP contribution in [0.3, 0.4) is 0 Å². The van der Waals surface area contributed by atoms with Crippen LogP contribution in [0.1, 0.15) is 0 Å². The molecule has 0 atom stereocenters. The third kappa shape index (κ3) is 4.92. The smallest absolute Gasteiger partial charge is 0.145 e. The zero-order valence-electron chi connectivity index (χ0n) is 30.9. The number of hydrogen-bond acceptors (Lipinski definition) is 2. The van der Waals surface area contributed by atoms with Crippen LogP contribution in [0.4, 0.5) is 17.1 Å². The van der Waals surface area contributed by atoms with Gasteiger partial charge in [0.2, 0.25) is 0 Å². The Bertz CT molecular complexity index is 3520. The molecular weight excluding hydrogens is 693 g/mol. The molecule has 3 nitrogen and oxygen atoms in total. The Morgan fingerprint density at radius 3 is 1.84 bits per heavy atom. The van der Waals surface area contributed by atoms with Gasteiger partial charge in [-0.05, 0) is 105 Å². The first-order valence-electron chi connectivity index (χ1n) is 19.5. The Morgan fingerprint density at radius 1 is 0.368 bits per heavy atom. The van der Waals surface area contributed by atoms with Gasteiger partial charge in [-0.25, -0.2) is 0 Å². The Hall–Kier alpha value is -7.62. The molecule has 0 aliphatic rings. The third-order valence-electron chi connectivity index (χ3n) is 11.7. The van der Waals surface area contributed by atoms with Gasteiger partial charge in [-0.3, -0.25) is 0 Å². The normalized spacial score (nSPS) is 11.9. The molecule has 266 valence electrons. The lowest BCUT2D eigenvalue weighted by atomic mass is 9.99. The van der Waals surface area contributed by atoms with Crippen molar-refractivity contribution in [2.45, 2.75) is 0 Å². The van der Waals surface area contributed by atoms with Gasteiger partial charge in [0.25, 0.3) is 0 Å². The van der Waals surface area contributed by atoms with E-state index >= 15 is 0 Å². The Kier molecular flexibility index (Phi) is 6.93. The van der Waals surface area contributed by atoms with E-state index in [9.17, 15) is 0 Å². The van der Waals surface area contributed by atoms with Gasteiger partial charge in [0, 0.05) is 38.6 Å². The molecule has 57 heavy (non-hydrogen) atoms. The molecule has 2 aromatic heterocycles. The fourth-order valence-electron chi connectivity index (χ4n) is 9.09. The van der Waals surface area contributed by atoms with Gasteiger partial charge < -0.3 is 13.9 Å². The molecule has 0 saturated heterocycles. The van der Waals surface area contributed by atoms with Crippen LogP contribution < -0.4 is 4.90 Å². The quantitative estimate of drug-likeness (QED) is 0.165. The second-order valence-electron chi connectivity index (χ2n) is 14.9. The summed E-state index contributed by atoms with van der Waals surface area (Å²) in [5.41, 5.74) is 10.9. The van der Waals surface area contributed by atoms with Crippen LogP contribution in [-0.4, -0.2) is 4.57 Å². The van der Waals surface area contributed by atoms with Crippen molar-refractivity contribution in [1.29, 1.82) is 0 Å². The van der Waals surface area contributed by atoms with Crippen molar-refractivity contribution in [3.8, 4) is 16.8 Å². The molecule has 10 aromatic carbocycles. The van der Waals surface area contributed by atoms with Gasteiger partial charge in [0.05, 0.1) is 22.1 Å². The molecule has 0 bridgehead atoms. The number of anilines is 3. The number of aromatic nitrogens is 1. The lowest BCUT2D eigenvalue weighted by molar-refractivity contribution is 0.672. The van der Waals surface area contributed by atoms with Crippen molar-refractivity contribution in [3.05, 3.63) is 206 Å². The minimum Gasteiger partial charge on any atom is -0.455 e. The summed E-state index contributed by atoms with van der Waals surface area (Å²) in [5, 5.41) is 11.9. The molecule has 2 heterocycles. The minimum absolute atomic E-state index is 0.884. The van der Waals surface area contributed by atoms with Gasteiger partial charge in [-0.15, -0.1) is 0 Å². The fraction of sp³-hybridized carbons (Fsp3) is 0. The summed E-state index contributed by atoms with van der Waals surface area (Å²) in [6.45, 7) is 0. The summed E-state index contributed by atoms with van der Waals surface area (Å²) in [6, 6.07) is 74.5. The Balaban J connectivity index is 1.06. The van der Waals surface area contributed by atoms with E-state index in [-0.39, 0.29) is 0 Å². The van der Waals surface area contributed by atoms with Gasteiger partial charge in [-0.1, -0.05) is 140 Å². The fourth-order valence-corrected chi connectivity index (χ4v) is 9.09. The predicted molar refractivity (Wildman–Crippen MR) is 241 cm³/mol. The summed E-state index contributed by atoms with van der Waals surface area (Å²) in [7, 11) is 0. The third-order valence-corrected chi connectivity index (χ3v) is 11.7. The molecule has 12 rings (SSSR count). The monoisotopic (exact) mass is 726 g/mol. The van der Waals surface area contributed by atoms with Gasteiger partial charge in [0.15, 0.2) is 0 Å². The summed E-state index contributed by atoms with van der Waals surface area (Å²) in [4.78, 5) is 2.41. The zero-order chi connectivity index (χ0) is 37.5. The van der Waals surface area contributed by atoms with E-state index in [1.807, 2.05) is 6.07 Å². The van der Waals surface area contributed by atoms with Gasteiger partial charge in [0.1, 0.15) is 11.2 Å². The molecule has 0 unspecified atom stereocenters. The van der Waals surface area contributed by atoms with Crippen LogP contribution in [0, 0.1) is 0 Å². The minimum atomic E-state index is 0.884. The van der Waals surface area contributed by atoms with Gasteiger partial charge in [-0.2, -0.15) is 0 Å². The lowest BCUT2D eigenvalue weighted by Crippen LogP contribution is -2.10. The largest absolute Gasteiger partial charge is 0.455 e. The lowest BCUT2D eigenvalue weighted by Gasteiger charge is -2.27. The van der Waals surface area contributed by atoms with E-state index in [0.29, 0.717) is 0 Å². The number of fused-ring (bicyclic) bond motifs is 11. The first-order valence-corrected chi connectivity index (χ1v) is 19.5. The highest BCUT2D eigenvalue weighted by Crippen LogP contribution is 2.47. The molecular formula is C54H34N2O. The summed E-state index contributed by atoms with van der Waals surface area (Å²) >= 11 is 0. The molecule has 0 radical (unpaired) electrons. The topological polar surface area (TPSA) is 21.3 Å². The van der Waals surface area contributed by atoms with Crippen LogP contribution in [0.15, 0.2) is 211 Å². The second-order valence-corrected chi connectivity index (χ2v) is 14.9. The highest BCUT2D eigenvalue weighted by atomic mass is 16.3. The molecule has 12 aromatic rings. The molecule has 0 N–H and O–H groups in total. The molecule has 0 aliphatic heterocycles. The van der Waals surface area contributed by atoms with E-state index in [4.69, 9.17) is 4.42 Å². The number of furan rings is 1. The summed E-state index contributed by atoms with van der Waals surface area (Å²) in [6.07, 6.45) is 0. The number of rotatable bonds is 5. The summed E-state index contributed by atoms with van der Waals surface area (Å²) in [5.74, 6) is 0. The number of benzene rings is 10. The Labute approximate surface area is 328 Å². The molecule has 0 spiro atoms. The van der Waals surface area contributed by atoms with Crippen LogP contribution in [-0.2, 0) is 0 Å². The molecule has 0 aliphatic carbocycles. The molecule has 0 amide bonds. The second kappa shape index (κ2) is 12.5. The standard InChI is InChI=1S/C54H34N2O/c1-2-14-40(15-3-1)56-49-20-10-8-18-46(49)48-33-37(26-31-50(48)56)35-24-27-41(28-25-35)55(42-29-30-44-39(32-42)23-22-36-12-4-6-16-43(36)44)51-34-38-13-5-7-17-45(38)54-53(51)47-19-9-11-21-52(47)57-54/h1-34H. The molecule has 0 saturated carbocycles. The van der Waals surface area contributed by atoms with Crippen LogP contribution in [0.5, 0.6) is 0 Å².